The maximum Gasteiger partial charge on any atom is 0.268 e. The molecule has 182 valence electrons. The average Bonchev–Trinajstić information content (AvgIpc) is 3.38. The van der Waals surface area contributed by atoms with E-state index >= 15 is 0 Å². The van der Waals surface area contributed by atoms with Crippen LogP contribution in [0.5, 0.6) is 0 Å². The number of nitrogens with one attached hydrogen (secondary N) is 2. The molecular weight excluding hydrogens is 454 g/mol. The summed E-state index contributed by atoms with van der Waals surface area (Å²) in [5, 5.41) is 7.80. The molecule has 2 heterocycles. The minimum atomic E-state index is -0.319. The lowest BCUT2D eigenvalue weighted by molar-refractivity contribution is -0.118. The molecule has 5 nitrogen and oxygen atoms in total. The van der Waals surface area contributed by atoms with Gasteiger partial charge in [-0.3, -0.25) is 9.59 Å². The number of piperidine rings is 1. The van der Waals surface area contributed by atoms with Gasteiger partial charge in [0.1, 0.15) is 5.70 Å². The molecule has 2 amide bonds. The lowest BCUT2D eigenvalue weighted by Gasteiger charge is -2.32. The Kier molecular flexibility index (Phi) is 8.03. The highest BCUT2D eigenvalue weighted by atomic mass is 32.1. The Bertz CT molecular complexity index is 1160. The molecule has 1 aromatic heterocycles. The molecule has 0 unspecified atom stereocenters. The highest BCUT2D eigenvalue weighted by Crippen LogP contribution is 2.25. The molecule has 4 rings (SSSR count). The maximum absolute atomic E-state index is 13.2. The van der Waals surface area contributed by atoms with Crippen molar-refractivity contribution in [3.05, 3.63) is 93.3 Å². The minimum Gasteiger partial charge on any atom is -0.372 e. The number of thiophene rings is 1. The Labute approximate surface area is 211 Å². The number of aryl methyl sites for hydroxylation is 1. The summed E-state index contributed by atoms with van der Waals surface area (Å²) in [6, 6.07) is 19.3. The van der Waals surface area contributed by atoms with Gasteiger partial charge in [0.15, 0.2) is 0 Å². The summed E-state index contributed by atoms with van der Waals surface area (Å²) in [6.07, 6.45) is 4.17. The Morgan fingerprint density at radius 2 is 1.71 bits per heavy atom. The van der Waals surface area contributed by atoms with Crippen LogP contribution >= 0.6 is 11.3 Å². The summed E-state index contributed by atoms with van der Waals surface area (Å²) in [7, 11) is 0. The highest BCUT2D eigenvalue weighted by molar-refractivity contribution is 7.10. The number of anilines is 1. The van der Waals surface area contributed by atoms with Crippen molar-refractivity contribution in [1.29, 1.82) is 0 Å². The maximum atomic E-state index is 13.2. The van der Waals surface area contributed by atoms with E-state index in [2.05, 4.69) is 46.7 Å². The summed E-state index contributed by atoms with van der Waals surface area (Å²) in [5.74, 6) is 0.167. The van der Waals surface area contributed by atoms with Crippen molar-refractivity contribution in [1.82, 2.24) is 10.6 Å². The smallest absolute Gasteiger partial charge is 0.268 e. The van der Waals surface area contributed by atoms with Gasteiger partial charge in [0.25, 0.3) is 11.8 Å². The number of hydrogen-bond donors (Lipinski definition) is 2. The first-order valence-electron chi connectivity index (χ1n) is 12.2. The molecule has 6 heteroatoms. The predicted molar refractivity (Wildman–Crippen MR) is 145 cm³/mol. The van der Waals surface area contributed by atoms with Gasteiger partial charge in [-0.15, -0.1) is 11.3 Å². The summed E-state index contributed by atoms with van der Waals surface area (Å²) in [4.78, 5) is 29.4. The van der Waals surface area contributed by atoms with Crippen LogP contribution in [0.3, 0.4) is 0 Å². The van der Waals surface area contributed by atoms with E-state index in [4.69, 9.17) is 0 Å². The third-order valence-corrected chi connectivity index (χ3v) is 7.35. The first-order chi connectivity index (χ1) is 16.9. The lowest BCUT2D eigenvalue weighted by atomic mass is 9.98. The van der Waals surface area contributed by atoms with Crippen molar-refractivity contribution < 1.29 is 9.59 Å². The SMILES string of the molecule is Cc1ccc(C(=O)N/C(=C\c2cccs2)C(=O)N[C@H](C)c2ccc(N3CCC(C)CC3)cc2)cc1. The number of rotatable bonds is 7. The predicted octanol–water partition coefficient (Wildman–Crippen LogP) is 5.94. The van der Waals surface area contributed by atoms with Gasteiger partial charge < -0.3 is 15.5 Å². The van der Waals surface area contributed by atoms with Crippen LogP contribution in [0.2, 0.25) is 0 Å². The van der Waals surface area contributed by atoms with Gasteiger partial charge in [-0.25, -0.2) is 0 Å². The van der Waals surface area contributed by atoms with Crippen molar-refractivity contribution in [2.75, 3.05) is 18.0 Å². The average molecular weight is 488 g/mol. The Morgan fingerprint density at radius 3 is 2.34 bits per heavy atom. The molecule has 1 fully saturated rings. The van der Waals surface area contributed by atoms with Crippen LogP contribution in [0.1, 0.15) is 59.1 Å². The summed E-state index contributed by atoms with van der Waals surface area (Å²) in [5.41, 5.74) is 4.05. The molecule has 0 saturated carbocycles. The zero-order valence-corrected chi connectivity index (χ0v) is 21.4. The zero-order chi connectivity index (χ0) is 24.8. The molecule has 35 heavy (non-hydrogen) atoms. The standard InChI is InChI=1S/C29H33N3O2S/c1-20-6-8-24(9-7-20)28(33)31-27(19-26-5-4-18-35-26)29(34)30-22(3)23-10-12-25(13-11-23)32-16-14-21(2)15-17-32/h4-13,18-19,21-22H,14-17H2,1-3H3,(H,30,34)(H,31,33)/b27-19-/t22-/m1/s1. The van der Waals surface area contributed by atoms with Crippen molar-refractivity contribution >= 4 is 34.9 Å². The van der Waals surface area contributed by atoms with Gasteiger partial charge in [0.2, 0.25) is 0 Å². The normalized spacial score (nSPS) is 15.5. The van der Waals surface area contributed by atoms with Gasteiger partial charge in [-0.1, -0.05) is 42.8 Å². The minimum absolute atomic E-state index is 0.207. The molecule has 1 aliphatic rings. The van der Waals surface area contributed by atoms with E-state index in [0.717, 1.165) is 35.0 Å². The van der Waals surface area contributed by atoms with Crippen molar-refractivity contribution in [2.45, 2.75) is 39.7 Å². The van der Waals surface area contributed by atoms with Crippen LogP contribution in [0.4, 0.5) is 5.69 Å². The van der Waals surface area contributed by atoms with E-state index in [0.29, 0.717) is 5.56 Å². The third kappa shape index (κ3) is 6.61. The molecule has 0 radical (unpaired) electrons. The zero-order valence-electron chi connectivity index (χ0n) is 20.6. The number of carbonyl (C=O) groups excluding carboxylic acids is 2. The van der Waals surface area contributed by atoms with Crippen molar-refractivity contribution in [2.24, 2.45) is 5.92 Å². The van der Waals surface area contributed by atoms with Gasteiger partial charge >= 0.3 is 0 Å². The molecule has 1 aliphatic heterocycles. The highest BCUT2D eigenvalue weighted by Gasteiger charge is 2.19. The van der Waals surface area contributed by atoms with E-state index in [9.17, 15) is 9.59 Å². The van der Waals surface area contributed by atoms with Gasteiger partial charge in [-0.2, -0.15) is 0 Å². The van der Waals surface area contributed by atoms with E-state index in [1.54, 1.807) is 18.2 Å². The fourth-order valence-corrected chi connectivity index (χ4v) is 4.83. The van der Waals surface area contributed by atoms with Crippen LogP contribution < -0.4 is 15.5 Å². The number of amides is 2. The summed E-state index contributed by atoms with van der Waals surface area (Å²) >= 11 is 1.51. The van der Waals surface area contributed by atoms with E-state index < -0.39 is 0 Å². The number of hydrogen-bond acceptors (Lipinski definition) is 4. The molecule has 0 spiro atoms. The van der Waals surface area contributed by atoms with E-state index in [-0.39, 0.29) is 23.6 Å². The largest absolute Gasteiger partial charge is 0.372 e. The van der Waals surface area contributed by atoms with Crippen LogP contribution in [-0.2, 0) is 4.79 Å². The summed E-state index contributed by atoms with van der Waals surface area (Å²) in [6.45, 7) is 8.42. The van der Waals surface area contributed by atoms with Crippen LogP contribution in [0, 0.1) is 12.8 Å². The Morgan fingerprint density at radius 1 is 1.03 bits per heavy atom. The third-order valence-electron chi connectivity index (χ3n) is 6.53. The molecular formula is C29H33N3O2S. The topological polar surface area (TPSA) is 61.4 Å². The molecule has 0 aliphatic carbocycles. The van der Waals surface area contributed by atoms with Gasteiger partial charge in [0, 0.05) is 29.2 Å². The summed E-state index contributed by atoms with van der Waals surface area (Å²) < 4.78 is 0. The fraction of sp³-hybridized carbons (Fsp3) is 0.310. The second kappa shape index (κ2) is 11.4. The fourth-order valence-electron chi connectivity index (χ4n) is 4.17. The first kappa shape index (κ1) is 24.7. The van der Waals surface area contributed by atoms with Gasteiger partial charge in [-0.05, 0) is 80.0 Å². The van der Waals surface area contributed by atoms with Crippen LogP contribution in [0.25, 0.3) is 6.08 Å². The molecule has 1 atom stereocenters. The van der Waals surface area contributed by atoms with Crippen molar-refractivity contribution in [3.63, 3.8) is 0 Å². The van der Waals surface area contributed by atoms with Crippen molar-refractivity contribution in [3.8, 4) is 0 Å². The monoisotopic (exact) mass is 487 g/mol. The molecule has 3 aromatic rings. The molecule has 2 N–H and O–H groups in total. The first-order valence-corrected chi connectivity index (χ1v) is 13.1. The van der Waals surface area contributed by atoms with Crippen LogP contribution in [0.15, 0.2) is 71.7 Å². The lowest BCUT2D eigenvalue weighted by Crippen LogP contribution is -2.36. The Balaban J connectivity index is 1.45. The van der Waals surface area contributed by atoms with Gasteiger partial charge in [0.05, 0.1) is 6.04 Å². The van der Waals surface area contributed by atoms with E-state index in [1.807, 2.05) is 43.5 Å². The number of carbonyl (C=O) groups is 2. The molecule has 2 aromatic carbocycles. The second-order valence-electron chi connectivity index (χ2n) is 9.35. The van der Waals surface area contributed by atoms with Crippen LogP contribution in [-0.4, -0.2) is 24.9 Å². The number of nitrogens with zero attached hydrogens (tertiary/aromatic N) is 1. The molecule has 1 saturated heterocycles. The second-order valence-corrected chi connectivity index (χ2v) is 10.3. The van der Waals surface area contributed by atoms with E-state index in [1.165, 1.54) is 29.9 Å². The number of benzene rings is 2. The Hall–Kier alpha value is -3.38. The quantitative estimate of drug-likeness (QED) is 0.406. The molecule has 0 bridgehead atoms.